The maximum Gasteiger partial charge on any atom is 0.115 e. The third-order valence-corrected chi connectivity index (χ3v) is 8.27. The Morgan fingerprint density at radius 1 is 0.805 bits per heavy atom. The van der Waals surface area contributed by atoms with Gasteiger partial charge >= 0.3 is 0 Å². The molecule has 41 heavy (non-hydrogen) atoms. The Hall–Kier alpha value is -4.25. The van der Waals surface area contributed by atoms with E-state index in [9.17, 15) is 10.2 Å². The van der Waals surface area contributed by atoms with Crippen molar-refractivity contribution in [1.82, 2.24) is 5.32 Å². The van der Waals surface area contributed by atoms with E-state index in [2.05, 4.69) is 78.7 Å². The zero-order valence-electron chi connectivity index (χ0n) is 23.2. The summed E-state index contributed by atoms with van der Waals surface area (Å²) < 4.78 is 0. The number of rotatable bonds is 5. The lowest BCUT2D eigenvalue weighted by Gasteiger charge is -2.39. The highest BCUT2D eigenvalue weighted by Gasteiger charge is 2.40. The van der Waals surface area contributed by atoms with Gasteiger partial charge in [-0.3, -0.25) is 5.32 Å². The number of hydrogen-bond acceptors (Lipinski definition) is 4. The van der Waals surface area contributed by atoms with Crippen LogP contribution < -0.4 is 10.2 Å². The number of aromatic hydroxyl groups is 2. The zero-order chi connectivity index (χ0) is 28.6. The maximum atomic E-state index is 10.3. The van der Waals surface area contributed by atoms with Crippen molar-refractivity contribution < 1.29 is 10.2 Å². The summed E-state index contributed by atoms with van der Waals surface area (Å²) in [6.07, 6.45) is 2.93. The molecule has 0 aliphatic carbocycles. The van der Waals surface area contributed by atoms with Crippen LogP contribution in [0.15, 0.2) is 121 Å². The van der Waals surface area contributed by atoms with Crippen LogP contribution in [0.5, 0.6) is 11.5 Å². The van der Waals surface area contributed by atoms with Crippen molar-refractivity contribution in [1.29, 1.82) is 0 Å². The van der Waals surface area contributed by atoms with Crippen LogP contribution in [0.4, 0.5) is 5.69 Å². The highest BCUT2D eigenvalue weighted by Crippen LogP contribution is 2.44. The first-order valence-corrected chi connectivity index (χ1v) is 14.3. The predicted octanol–water partition coefficient (Wildman–Crippen LogP) is 8.51. The number of nitrogens with zero attached hydrogens (tertiary/aromatic N) is 1. The van der Waals surface area contributed by atoms with Gasteiger partial charge in [0.05, 0.1) is 11.6 Å². The van der Waals surface area contributed by atoms with Crippen LogP contribution in [0.3, 0.4) is 0 Å². The summed E-state index contributed by atoms with van der Waals surface area (Å²) in [6, 6.07) is 35.8. The van der Waals surface area contributed by atoms with Crippen molar-refractivity contribution in [2.24, 2.45) is 0 Å². The van der Waals surface area contributed by atoms with Crippen LogP contribution in [0.2, 0.25) is 5.02 Å². The molecule has 3 N–H and O–H groups in total. The van der Waals surface area contributed by atoms with Gasteiger partial charge in [0, 0.05) is 23.0 Å². The number of allylic oxidation sites excluding steroid dienone is 1. The molecule has 0 bridgehead atoms. The first kappa shape index (κ1) is 26.9. The van der Waals surface area contributed by atoms with E-state index < -0.39 is 5.54 Å². The van der Waals surface area contributed by atoms with E-state index >= 15 is 0 Å². The van der Waals surface area contributed by atoms with Gasteiger partial charge in [-0.1, -0.05) is 84.4 Å². The molecule has 5 aromatic carbocycles. The SMILES string of the molecule is C/C=C1/N(Cc2cccc(O)c2)c2ccc(Cl)cc2C(c2ccc(O)cc2)NC1(C)Cc1ccc2ccccc2c1. The van der Waals surface area contributed by atoms with E-state index in [1.807, 2.05) is 42.5 Å². The van der Waals surface area contributed by atoms with E-state index in [1.165, 1.54) is 16.3 Å². The number of phenolic OH excluding ortho intramolecular Hbond substituents is 2. The van der Waals surface area contributed by atoms with Gasteiger partial charge < -0.3 is 15.1 Å². The topological polar surface area (TPSA) is 55.7 Å². The summed E-state index contributed by atoms with van der Waals surface area (Å²) in [6.45, 7) is 4.91. The molecule has 1 aliphatic rings. The third-order valence-electron chi connectivity index (χ3n) is 8.03. The van der Waals surface area contributed by atoms with Crippen molar-refractivity contribution in [2.75, 3.05) is 4.90 Å². The van der Waals surface area contributed by atoms with Gasteiger partial charge in [-0.25, -0.2) is 0 Å². The molecule has 6 rings (SSSR count). The normalized spacial score (nSPS) is 19.7. The molecule has 1 aliphatic heterocycles. The minimum absolute atomic E-state index is 0.195. The van der Waals surface area contributed by atoms with Crippen LogP contribution in [0, 0.1) is 0 Å². The summed E-state index contributed by atoms with van der Waals surface area (Å²) in [5, 5.41) is 27.5. The van der Waals surface area contributed by atoms with E-state index in [4.69, 9.17) is 11.6 Å². The quantitative estimate of drug-likeness (QED) is 0.202. The Balaban J connectivity index is 1.53. The summed E-state index contributed by atoms with van der Waals surface area (Å²) in [7, 11) is 0. The first-order valence-electron chi connectivity index (χ1n) is 13.9. The fraction of sp³-hybridized carbons (Fsp3) is 0.167. The van der Waals surface area contributed by atoms with Gasteiger partial charge in [0.1, 0.15) is 11.5 Å². The zero-order valence-corrected chi connectivity index (χ0v) is 23.9. The largest absolute Gasteiger partial charge is 0.508 e. The highest BCUT2D eigenvalue weighted by atomic mass is 35.5. The highest BCUT2D eigenvalue weighted by molar-refractivity contribution is 6.30. The number of hydrogen-bond donors (Lipinski definition) is 3. The Kier molecular flexibility index (Phi) is 7.21. The van der Waals surface area contributed by atoms with Crippen molar-refractivity contribution >= 4 is 28.1 Å². The second-order valence-electron chi connectivity index (χ2n) is 11.0. The summed E-state index contributed by atoms with van der Waals surface area (Å²) in [5.74, 6) is 0.474. The van der Waals surface area contributed by atoms with Gasteiger partial charge in [-0.2, -0.15) is 0 Å². The van der Waals surface area contributed by atoms with Crippen LogP contribution >= 0.6 is 11.6 Å². The molecule has 0 aromatic heterocycles. The standard InChI is InChI=1S/C36H33ClN2O2/c1-3-34-36(2,22-24-11-12-26-8-4-5-9-28(26)19-24)38-35(27-13-16-30(40)17-14-27)32-21-29(37)15-18-33(32)39(34)23-25-7-6-10-31(41)20-25/h3-21,35,38,40-41H,22-23H2,1-2H3/b34-3+. The van der Waals surface area contributed by atoms with Gasteiger partial charge in [0.25, 0.3) is 0 Å². The Morgan fingerprint density at radius 3 is 2.34 bits per heavy atom. The molecule has 2 atom stereocenters. The van der Waals surface area contributed by atoms with E-state index in [1.54, 1.807) is 18.2 Å². The predicted molar refractivity (Wildman–Crippen MR) is 169 cm³/mol. The molecular weight excluding hydrogens is 528 g/mol. The molecule has 206 valence electrons. The smallest absolute Gasteiger partial charge is 0.115 e. The maximum absolute atomic E-state index is 10.3. The summed E-state index contributed by atoms with van der Waals surface area (Å²) in [5.41, 5.74) is 5.97. The molecular formula is C36H33ClN2O2. The minimum atomic E-state index is -0.498. The van der Waals surface area contributed by atoms with Gasteiger partial charge in [-0.15, -0.1) is 0 Å². The van der Waals surface area contributed by atoms with Gasteiger partial charge in [0.2, 0.25) is 0 Å². The van der Waals surface area contributed by atoms with Crippen LogP contribution in [-0.4, -0.2) is 15.8 Å². The summed E-state index contributed by atoms with van der Waals surface area (Å²) >= 11 is 6.63. The monoisotopic (exact) mass is 560 g/mol. The first-order chi connectivity index (χ1) is 19.8. The fourth-order valence-corrected chi connectivity index (χ4v) is 6.39. The molecule has 5 aromatic rings. The van der Waals surface area contributed by atoms with Gasteiger partial charge in [-0.05, 0) is 95.8 Å². The third kappa shape index (κ3) is 5.41. The number of benzene rings is 5. The van der Waals surface area contributed by atoms with Crippen LogP contribution in [0.1, 0.15) is 42.1 Å². The molecule has 2 unspecified atom stereocenters. The average Bonchev–Trinajstić information content (AvgIpc) is 3.05. The second kappa shape index (κ2) is 11.0. The number of nitrogens with one attached hydrogen (secondary N) is 1. The Bertz CT molecular complexity index is 1750. The average molecular weight is 561 g/mol. The molecule has 0 saturated heterocycles. The van der Waals surface area contributed by atoms with E-state index in [0.717, 1.165) is 34.5 Å². The van der Waals surface area contributed by atoms with Crippen molar-refractivity contribution in [2.45, 2.75) is 38.4 Å². The molecule has 5 heteroatoms. The molecule has 0 spiro atoms. The summed E-state index contributed by atoms with van der Waals surface area (Å²) in [4.78, 5) is 2.34. The number of phenols is 2. The number of fused-ring (bicyclic) bond motifs is 2. The lowest BCUT2D eigenvalue weighted by atomic mass is 9.86. The Morgan fingerprint density at radius 2 is 1.59 bits per heavy atom. The van der Waals surface area contributed by atoms with Gasteiger partial charge in [0.15, 0.2) is 0 Å². The molecule has 0 radical (unpaired) electrons. The van der Waals surface area contributed by atoms with E-state index in [-0.39, 0.29) is 17.5 Å². The lowest BCUT2D eigenvalue weighted by Crippen LogP contribution is -2.50. The number of halogens is 1. The molecule has 0 amide bonds. The van der Waals surface area contributed by atoms with Crippen molar-refractivity contribution in [3.05, 3.63) is 148 Å². The minimum Gasteiger partial charge on any atom is -0.508 e. The molecule has 4 nitrogen and oxygen atoms in total. The lowest BCUT2D eigenvalue weighted by molar-refractivity contribution is 0.378. The van der Waals surface area contributed by atoms with Crippen molar-refractivity contribution in [3.8, 4) is 11.5 Å². The molecule has 0 fully saturated rings. The van der Waals surface area contributed by atoms with Crippen LogP contribution in [0.25, 0.3) is 10.8 Å². The van der Waals surface area contributed by atoms with E-state index in [0.29, 0.717) is 11.6 Å². The number of anilines is 1. The Labute approximate surface area is 246 Å². The molecule has 0 saturated carbocycles. The second-order valence-corrected chi connectivity index (χ2v) is 11.4. The fourth-order valence-electron chi connectivity index (χ4n) is 6.21. The van der Waals surface area contributed by atoms with Crippen molar-refractivity contribution in [3.63, 3.8) is 0 Å². The van der Waals surface area contributed by atoms with Crippen LogP contribution in [-0.2, 0) is 13.0 Å². The molecule has 1 heterocycles.